The largest absolute Gasteiger partial charge is 0.358 e. The van der Waals surface area contributed by atoms with E-state index in [1.165, 1.54) is 0 Å². The molecule has 23 heavy (non-hydrogen) atoms. The van der Waals surface area contributed by atoms with Gasteiger partial charge in [-0.25, -0.2) is 0 Å². The molecule has 1 aliphatic heterocycles. The molecule has 0 N–H and O–H groups in total. The van der Waals surface area contributed by atoms with E-state index in [1.807, 2.05) is 6.92 Å². The van der Waals surface area contributed by atoms with Gasteiger partial charge in [-0.1, -0.05) is 6.92 Å². The molecule has 10 heteroatoms. The molecule has 0 unspecified atom stereocenters. The van der Waals surface area contributed by atoms with Gasteiger partial charge in [0.25, 0.3) is 16.6 Å². The summed E-state index contributed by atoms with van der Waals surface area (Å²) in [6, 6.07) is 1.98. The lowest BCUT2D eigenvalue weighted by Gasteiger charge is -2.34. The number of carbonyl (C=O) groups excluding carboxylic acids is 1. The molecule has 0 saturated carbocycles. The van der Waals surface area contributed by atoms with Crippen LogP contribution in [0.5, 0.6) is 0 Å². The van der Waals surface area contributed by atoms with Gasteiger partial charge >= 0.3 is 0 Å². The minimum Gasteiger partial charge on any atom is -0.358 e. The van der Waals surface area contributed by atoms with Crippen molar-refractivity contribution in [1.29, 1.82) is 0 Å². The van der Waals surface area contributed by atoms with E-state index >= 15 is 0 Å². The molecule has 124 valence electrons. The summed E-state index contributed by atoms with van der Waals surface area (Å²) in [6.07, 6.45) is 0. The van der Waals surface area contributed by atoms with Crippen molar-refractivity contribution in [3.8, 4) is 0 Å². The maximum absolute atomic E-state index is 11.3. The number of piperazine rings is 1. The monoisotopic (exact) mass is 342 g/mol. The molecule has 1 aromatic rings. The fraction of sp³-hybridized carbons (Fsp3) is 0.462. The van der Waals surface area contributed by atoms with E-state index in [-0.39, 0.29) is 11.3 Å². The van der Waals surface area contributed by atoms with Gasteiger partial charge in [-0.2, -0.15) is 0 Å². The number of nitro benzene ring substituents is 2. The average molecular weight is 343 g/mol. The highest BCUT2D eigenvalue weighted by molar-refractivity contribution is 6.67. The standard InChI is InChI=1S/C13H15ClN4O5/c1-2-15-3-5-16(6-4-15)12-10(17(20)21)7-9(13(14)19)8-11(12)18(22)23/h7-8H,2-6H2,1H3. The Balaban J connectivity index is 2.54. The van der Waals surface area contributed by atoms with E-state index in [9.17, 15) is 25.0 Å². The molecule has 0 aliphatic carbocycles. The summed E-state index contributed by atoms with van der Waals surface area (Å²) >= 11 is 5.33. The lowest BCUT2D eigenvalue weighted by atomic mass is 10.1. The maximum Gasteiger partial charge on any atom is 0.300 e. The van der Waals surface area contributed by atoms with Crippen molar-refractivity contribution in [2.24, 2.45) is 0 Å². The van der Waals surface area contributed by atoms with Crippen LogP contribution in [-0.4, -0.2) is 52.7 Å². The number of rotatable bonds is 5. The van der Waals surface area contributed by atoms with Crippen LogP contribution in [0.2, 0.25) is 0 Å². The Kier molecular flexibility index (Phi) is 5.12. The number of benzene rings is 1. The van der Waals surface area contributed by atoms with Crippen LogP contribution in [0.15, 0.2) is 12.1 Å². The summed E-state index contributed by atoms with van der Waals surface area (Å²) in [4.78, 5) is 36.2. The fourth-order valence-electron chi connectivity index (χ4n) is 2.61. The zero-order chi connectivity index (χ0) is 17.1. The van der Waals surface area contributed by atoms with Crippen molar-refractivity contribution in [3.05, 3.63) is 37.9 Å². The third kappa shape index (κ3) is 3.57. The number of likely N-dealkylation sites (N-methyl/N-ethyl adjacent to an activating group) is 1. The third-order valence-corrected chi connectivity index (χ3v) is 4.04. The fourth-order valence-corrected chi connectivity index (χ4v) is 2.72. The first kappa shape index (κ1) is 17.1. The highest BCUT2D eigenvalue weighted by Crippen LogP contribution is 2.39. The number of hydrogen-bond donors (Lipinski definition) is 0. The van der Waals surface area contributed by atoms with Gasteiger partial charge in [-0.3, -0.25) is 25.0 Å². The van der Waals surface area contributed by atoms with Gasteiger partial charge in [0, 0.05) is 43.9 Å². The van der Waals surface area contributed by atoms with Crippen LogP contribution in [-0.2, 0) is 0 Å². The molecule has 1 saturated heterocycles. The molecule has 0 radical (unpaired) electrons. The summed E-state index contributed by atoms with van der Waals surface area (Å²) in [6.45, 7) is 5.02. The normalized spacial score (nSPS) is 15.5. The van der Waals surface area contributed by atoms with Gasteiger partial charge in [-0.05, 0) is 18.1 Å². The smallest absolute Gasteiger partial charge is 0.300 e. The van der Waals surface area contributed by atoms with E-state index in [0.29, 0.717) is 26.2 Å². The number of halogens is 1. The number of nitrogens with zero attached hydrogens (tertiary/aromatic N) is 4. The van der Waals surface area contributed by atoms with Crippen LogP contribution in [0.4, 0.5) is 17.1 Å². The number of hydrogen-bond acceptors (Lipinski definition) is 7. The van der Waals surface area contributed by atoms with Gasteiger partial charge in [0.2, 0.25) is 0 Å². The van der Waals surface area contributed by atoms with Crippen molar-refractivity contribution in [1.82, 2.24) is 4.90 Å². The summed E-state index contributed by atoms with van der Waals surface area (Å²) in [5, 5.41) is 21.7. The minimum atomic E-state index is -0.974. The summed E-state index contributed by atoms with van der Waals surface area (Å²) in [5.41, 5.74) is -1.29. The lowest BCUT2D eigenvalue weighted by molar-refractivity contribution is -0.392. The zero-order valence-corrected chi connectivity index (χ0v) is 13.2. The Bertz CT molecular complexity index is 623. The Morgan fingerprint density at radius 3 is 1.96 bits per heavy atom. The predicted octanol–water partition coefficient (Wildman–Crippen LogP) is 2.02. The summed E-state index contributed by atoms with van der Waals surface area (Å²) in [5.74, 6) is 0. The molecule has 0 aromatic heterocycles. The van der Waals surface area contributed by atoms with E-state index in [2.05, 4.69) is 4.90 Å². The van der Waals surface area contributed by atoms with Crippen LogP contribution < -0.4 is 4.90 Å². The minimum absolute atomic E-state index is 0.0718. The highest BCUT2D eigenvalue weighted by Gasteiger charge is 2.33. The molecule has 1 heterocycles. The number of nitro groups is 2. The first-order valence-corrected chi connectivity index (χ1v) is 7.37. The SMILES string of the molecule is CCN1CCN(c2c([N+](=O)[O-])cc(C(=O)Cl)cc2[N+](=O)[O-])CC1. The Morgan fingerprint density at radius 2 is 1.61 bits per heavy atom. The predicted molar refractivity (Wildman–Crippen MR) is 84.3 cm³/mol. The van der Waals surface area contributed by atoms with E-state index in [0.717, 1.165) is 18.7 Å². The Labute approximate surface area is 136 Å². The van der Waals surface area contributed by atoms with E-state index in [4.69, 9.17) is 11.6 Å². The molecule has 1 fully saturated rings. The van der Waals surface area contributed by atoms with Crippen molar-refractivity contribution >= 4 is 33.9 Å². The first-order chi connectivity index (χ1) is 10.8. The van der Waals surface area contributed by atoms with Crippen molar-refractivity contribution in [2.45, 2.75) is 6.92 Å². The molecule has 0 amide bonds. The maximum atomic E-state index is 11.3. The molecule has 2 rings (SSSR count). The third-order valence-electron chi connectivity index (χ3n) is 3.83. The Hall–Kier alpha value is -2.26. The highest BCUT2D eigenvalue weighted by atomic mass is 35.5. The van der Waals surface area contributed by atoms with Gasteiger partial charge < -0.3 is 9.80 Å². The van der Waals surface area contributed by atoms with E-state index in [1.54, 1.807) is 4.90 Å². The van der Waals surface area contributed by atoms with Crippen LogP contribution in [0.25, 0.3) is 0 Å². The molecule has 0 spiro atoms. The summed E-state index contributed by atoms with van der Waals surface area (Å²) in [7, 11) is 0. The van der Waals surface area contributed by atoms with Crippen LogP contribution in [0.3, 0.4) is 0 Å². The molecule has 1 aromatic carbocycles. The molecule has 9 nitrogen and oxygen atoms in total. The lowest BCUT2D eigenvalue weighted by Crippen LogP contribution is -2.46. The Morgan fingerprint density at radius 1 is 1.13 bits per heavy atom. The first-order valence-electron chi connectivity index (χ1n) is 6.99. The van der Waals surface area contributed by atoms with Crippen LogP contribution in [0, 0.1) is 20.2 Å². The molecule has 1 aliphatic rings. The second kappa shape index (κ2) is 6.88. The quantitative estimate of drug-likeness (QED) is 0.457. The van der Waals surface area contributed by atoms with Gasteiger partial charge in [0.1, 0.15) is 0 Å². The van der Waals surface area contributed by atoms with Crippen molar-refractivity contribution in [2.75, 3.05) is 37.6 Å². The van der Waals surface area contributed by atoms with Crippen molar-refractivity contribution < 1.29 is 14.6 Å². The molecule has 0 atom stereocenters. The zero-order valence-electron chi connectivity index (χ0n) is 12.4. The topological polar surface area (TPSA) is 110 Å². The molecule has 0 bridgehead atoms. The van der Waals surface area contributed by atoms with Gasteiger partial charge in [0.05, 0.1) is 9.85 Å². The van der Waals surface area contributed by atoms with Crippen molar-refractivity contribution in [3.63, 3.8) is 0 Å². The van der Waals surface area contributed by atoms with Gasteiger partial charge in [0.15, 0.2) is 5.69 Å². The van der Waals surface area contributed by atoms with Crippen LogP contribution >= 0.6 is 11.6 Å². The number of carbonyl (C=O) groups is 1. The van der Waals surface area contributed by atoms with Crippen LogP contribution in [0.1, 0.15) is 17.3 Å². The second-order valence-corrected chi connectivity index (χ2v) is 5.42. The average Bonchev–Trinajstić information content (AvgIpc) is 2.53. The number of anilines is 1. The van der Waals surface area contributed by atoms with Gasteiger partial charge in [-0.15, -0.1) is 0 Å². The second-order valence-electron chi connectivity index (χ2n) is 5.07. The summed E-state index contributed by atoms with van der Waals surface area (Å²) < 4.78 is 0. The molecular weight excluding hydrogens is 328 g/mol. The molecular formula is C13H15ClN4O5. The van der Waals surface area contributed by atoms with E-state index < -0.39 is 26.5 Å².